The molecule has 2 rings (SSSR count). The predicted octanol–water partition coefficient (Wildman–Crippen LogP) is 1.97. The largest absolute Gasteiger partial charge is 0.388 e. The van der Waals surface area contributed by atoms with E-state index in [1.807, 2.05) is 0 Å². The molecule has 7 heteroatoms. The van der Waals surface area contributed by atoms with Gasteiger partial charge in [-0.1, -0.05) is 19.3 Å². The molecular weight excluding hydrogens is 260 g/mol. The van der Waals surface area contributed by atoms with Gasteiger partial charge in [-0.3, -0.25) is 10.1 Å². The molecule has 1 saturated carbocycles. The first-order chi connectivity index (χ1) is 9.54. The second-order valence-corrected chi connectivity index (χ2v) is 5.07. The normalized spacial score (nSPS) is 17.2. The van der Waals surface area contributed by atoms with Crippen molar-refractivity contribution in [3.05, 3.63) is 27.9 Å². The number of pyridine rings is 1. The molecule has 0 unspecified atom stereocenters. The molecule has 0 radical (unpaired) electrons. The van der Waals surface area contributed by atoms with Gasteiger partial charge in [0, 0.05) is 12.6 Å². The maximum atomic E-state index is 10.7. The molecule has 0 saturated heterocycles. The van der Waals surface area contributed by atoms with Crippen molar-refractivity contribution < 1.29 is 10.0 Å². The summed E-state index contributed by atoms with van der Waals surface area (Å²) in [4.78, 5) is 14.0. The van der Waals surface area contributed by atoms with Crippen LogP contribution >= 0.6 is 0 Å². The lowest BCUT2D eigenvalue weighted by Crippen LogP contribution is -2.38. The molecule has 7 nitrogen and oxygen atoms in total. The van der Waals surface area contributed by atoms with E-state index in [1.165, 1.54) is 12.1 Å². The van der Waals surface area contributed by atoms with Crippen molar-refractivity contribution in [2.24, 2.45) is 0 Å². The standard InChI is InChI=1S/C13H16N4O3/c14-8-10-11(17(19)20)4-5-12(16-10)15-9-13(18)6-2-1-3-7-13/h4-5,18H,1-3,6-7,9H2,(H,15,16). The van der Waals surface area contributed by atoms with E-state index in [4.69, 9.17) is 5.26 Å². The van der Waals surface area contributed by atoms with E-state index in [2.05, 4.69) is 10.3 Å². The monoisotopic (exact) mass is 276 g/mol. The van der Waals surface area contributed by atoms with E-state index < -0.39 is 10.5 Å². The molecule has 1 aliphatic rings. The number of hydrogen-bond acceptors (Lipinski definition) is 6. The summed E-state index contributed by atoms with van der Waals surface area (Å²) in [5.74, 6) is 0.367. The molecule has 0 aromatic carbocycles. The average molecular weight is 276 g/mol. The maximum Gasteiger partial charge on any atom is 0.305 e. The van der Waals surface area contributed by atoms with Crippen LogP contribution in [0.3, 0.4) is 0 Å². The van der Waals surface area contributed by atoms with Crippen molar-refractivity contribution in [2.75, 3.05) is 11.9 Å². The molecule has 0 spiro atoms. The maximum absolute atomic E-state index is 10.7. The summed E-state index contributed by atoms with van der Waals surface area (Å²) in [7, 11) is 0. The van der Waals surface area contributed by atoms with Crippen LogP contribution in [0.2, 0.25) is 0 Å². The van der Waals surface area contributed by atoms with Crippen molar-refractivity contribution in [1.29, 1.82) is 5.26 Å². The number of aromatic nitrogens is 1. The smallest absolute Gasteiger partial charge is 0.305 e. The lowest BCUT2D eigenvalue weighted by Gasteiger charge is -2.32. The van der Waals surface area contributed by atoms with Gasteiger partial charge in [-0.25, -0.2) is 4.98 Å². The van der Waals surface area contributed by atoms with Crippen LogP contribution in [0.15, 0.2) is 12.1 Å². The minimum atomic E-state index is -0.755. The number of anilines is 1. The molecule has 0 amide bonds. The Hall–Kier alpha value is -2.20. The van der Waals surface area contributed by atoms with Gasteiger partial charge in [-0.15, -0.1) is 0 Å². The summed E-state index contributed by atoms with van der Waals surface area (Å²) in [5, 5.41) is 32.9. The molecule has 1 aromatic rings. The van der Waals surface area contributed by atoms with E-state index in [9.17, 15) is 15.2 Å². The number of nitro groups is 1. The number of rotatable bonds is 4. The first-order valence-electron chi connectivity index (χ1n) is 6.56. The molecule has 0 bridgehead atoms. The summed E-state index contributed by atoms with van der Waals surface area (Å²) >= 11 is 0. The SMILES string of the molecule is N#Cc1nc(NCC2(O)CCCCC2)ccc1[N+](=O)[O-]. The van der Waals surface area contributed by atoms with Gasteiger partial charge in [0.1, 0.15) is 11.9 Å². The number of aliphatic hydroxyl groups is 1. The fourth-order valence-electron chi connectivity index (χ4n) is 2.42. The molecule has 0 atom stereocenters. The molecule has 20 heavy (non-hydrogen) atoms. The zero-order chi connectivity index (χ0) is 14.6. The fraction of sp³-hybridized carbons (Fsp3) is 0.538. The Balaban J connectivity index is 2.07. The van der Waals surface area contributed by atoms with Crippen LogP contribution < -0.4 is 5.32 Å². The highest BCUT2D eigenvalue weighted by molar-refractivity contribution is 5.50. The Bertz CT molecular complexity index is 547. The van der Waals surface area contributed by atoms with E-state index in [0.29, 0.717) is 12.4 Å². The van der Waals surface area contributed by atoms with Gasteiger partial charge < -0.3 is 10.4 Å². The van der Waals surface area contributed by atoms with Crippen LogP contribution in [0.5, 0.6) is 0 Å². The van der Waals surface area contributed by atoms with Gasteiger partial charge in [0.15, 0.2) is 0 Å². The zero-order valence-corrected chi connectivity index (χ0v) is 11.0. The van der Waals surface area contributed by atoms with Gasteiger partial charge in [-0.05, 0) is 18.9 Å². The van der Waals surface area contributed by atoms with Crippen molar-refractivity contribution in [2.45, 2.75) is 37.7 Å². The Kier molecular flexibility index (Phi) is 4.15. The average Bonchev–Trinajstić information content (AvgIpc) is 2.45. The number of nitrogens with one attached hydrogen (secondary N) is 1. The van der Waals surface area contributed by atoms with Crippen molar-refractivity contribution in [1.82, 2.24) is 4.98 Å². The number of nitrogens with zero attached hydrogens (tertiary/aromatic N) is 3. The zero-order valence-electron chi connectivity index (χ0n) is 11.0. The Morgan fingerprint density at radius 3 is 2.75 bits per heavy atom. The van der Waals surface area contributed by atoms with Crippen molar-refractivity contribution in [3.8, 4) is 6.07 Å². The molecule has 2 N–H and O–H groups in total. The molecule has 1 fully saturated rings. The van der Waals surface area contributed by atoms with Crippen LogP contribution in [0.4, 0.5) is 11.5 Å². The minimum absolute atomic E-state index is 0.226. The Morgan fingerprint density at radius 1 is 1.45 bits per heavy atom. The Labute approximate surface area is 116 Å². The third-order valence-corrected chi connectivity index (χ3v) is 3.56. The van der Waals surface area contributed by atoms with Crippen molar-refractivity contribution >= 4 is 11.5 Å². The molecule has 1 aliphatic carbocycles. The number of nitriles is 1. The van der Waals surface area contributed by atoms with Crippen LogP contribution in [0, 0.1) is 21.4 Å². The highest BCUT2D eigenvalue weighted by Crippen LogP contribution is 2.28. The molecule has 1 heterocycles. The lowest BCUT2D eigenvalue weighted by molar-refractivity contribution is -0.385. The van der Waals surface area contributed by atoms with Crippen LogP contribution in [-0.2, 0) is 0 Å². The molecular formula is C13H16N4O3. The van der Waals surface area contributed by atoms with Gasteiger partial charge in [0.25, 0.3) is 0 Å². The van der Waals surface area contributed by atoms with Gasteiger partial charge >= 0.3 is 5.69 Å². The summed E-state index contributed by atoms with van der Waals surface area (Å²) < 4.78 is 0. The van der Waals surface area contributed by atoms with Crippen LogP contribution in [0.1, 0.15) is 37.8 Å². The predicted molar refractivity (Wildman–Crippen MR) is 72.1 cm³/mol. The summed E-state index contributed by atoms with van der Waals surface area (Å²) in [6, 6.07) is 4.41. The van der Waals surface area contributed by atoms with Crippen LogP contribution in [-0.4, -0.2) is 27.2 Å². The van der Waals surface area contributed by atoms with Gasteiger partial charge in [0.2, 0.25) is 5.69 Å². The number of hydrogen-bond donors (Lipinski definition) is 2. The summed E-state index contributed by atoms with van der Waals surface area (Å²) in [5.41, 5.74) is -1.29. The highest BCUT2D eigenvalue weighted by atomic mass is 16.6. The minimum Gasteiger partial charge on any atom is -0.388 e. The summed E-state index contributed by atoms with van der Waals surface area (Å²) in [6.45, 7) is 0.336. The van der Waals surface area contributed by atoms with E-state index >= 15 is 0 Å². The topological polar surface area (TPSA) is 112 Å². The third-order valence-electron chi connectivity index (χ3n) is 3.56. The van der Waals surface area contributed by atoms with Gasteiger partial charge in [-0.2, -0.15) is 5.26 Å². The first kappa shape index (κ1) is 14.2. The van der Waals surface area contributed by atoms with E-state index in [0.717, 1.165) is 32.1 Å². The third kappa shape index (κ3) is 3.22. The molecule has 106 valence electrons. The summed E-state index contributed by atoms with van der Waals surface area (Å²) in [6.07, 6.45) is 4.59. The fourth-order valence-corrected chi connectivity index (χ4v) is 2.42. The van der Waals surface area contributed by atoms with Gasteiger partial charge in [0.05, 0.1) is 10.5 Å². The quantitative estimate of drug-likeness (QED) is 0.642. The second kappa shape index (κ2) is 5.84. The Morgan fingerprint density at radius 2 is 2.15 bits per heavy atom. The van der Waals surface area contributed by atoms with E-state index in [1.54, 1.807) is 6.07 Å². The first-order valence-corrected chi connectivity index (χ1v) is 6.56. The molecule has 0 aliphatic heterocycles. The van der Waals surface area contributed by atoms with Crippen LogP contribution in [0.25, 0.3) is 0 Å². The lowest BCUT2D eigenvalue weighted by atomic mass is 9.85. The highest BCUT2D eigenvalue weighted by Gasteiger charge is 2.29. The second-order valence-electron chi connectivity index (χ2n) is 5.07. The molecule has 1 aromatic heterocycles. The van der Waals surface area contributed by atoms with E-state index in [-0.39, 0.29) is 11.4 Å². The van der Waals surface area contributed by atoms with Crippen molar-refractivity contribution in [3.63, 3.8) is 0 Å².